The predicted octanol–water partition coefficient (Wildman–Crippen LogP) is 9.30. The lowest BCUT2D eigenvalue weighted by Gasteiger charge is -2.38. The number of hydrogen-bond acceptors (Lipinski definition) is 5. The van der Waals surface area contributed by atoms with Crippen molar-refractivity contribution in [1.82, 2.24) is 0 Å². The Labute approximate surface area is 274 Å². The number of carbonyl (C=O) groups is 1. The lowest BCUT2D eigenvalue weighted by molar-refractivity contribution is 0.0223. The van der Waals surface area contributed by atoms with Crippen molar-refractivity contribution in [2.45, 2.75) is 5.60 Å². The summed E-state index contributed by atoms with van der Waals surface area (Å²) in [5, 5.41) is 0.0577. The van der Waals surface area contributed by atoms with Gasteiger partial charge in [0.05, 0.1) is 65.3 Å². The van der Waals surface area contributed by atoms with Crippen LogP contribution in [-0.2, 0) is 10.3 Å². The van der Waals surface area contributed by atoms with E-state index in [4.69, 9.17) is 65.4 Å². The largest absolute Gasteiger partial charge is 0.494 e. The summed E-state index contributed by atoms with van der Waals surface area (Å²) in [6.07, 6.45) is 0. The highest BCUT2D eigenvalue weighted by atomic mass is 127. The normalized spacial score (nSPS) is 14.7. The van der Waals surface area contributed by atoms with Crippen LogP contribution >= 0.6 is 137 Å². The van der Waals surface area contributed by atoms with Gasteiger partial charge >= 0.3 is 5.97 Å². The fraction of sp³-hybridized carbons (Fsp3) is 0.136. The number of methoxy groups -OCH3 is 2. The molecule has 0 aromatic heterocycles. The van der Waals surface area contributed by atoms with Crippen LogP contribution < -0.4 is 14.2 Å². The zero-order valence-corrected chi connectivity index (χ0v) is 28.9. The van der Waals surface area contributed by atoms with Gasteiger partial charge in [-0.05, 0) is 102 Å². The summed E-state index contributed by atoms with van der Waals surface area (Å²) in [6.45, 7) is 0. The number of rotatable bonds is 2. The quantitative estimate of drug-likeness (QED) is 0.111. The molecule has 0 unspecified atom stereocenters. The van der Waals surface area contributed by atoms with Gasteiger partial charge in [-0.1, -0.05) is 46.4 Å². The molecule has 3 aromatic rings. The lowest BCUT2D eigenvalue weighted by atomic mass is 9.77. The van der Waals surface area contributed by atoms with Crippen molar-refractivity contribution in [1.29, 1.82) is 0 Å². The second-order valence-corrected chi connectivity index (χ2v) is 13.3. The average Bonchev–Trinajstić information content (AvgIpc) is 3.12. The maximum absolute atomic E-state index is 13.4. The van der Waals surface area contributed by atoms with Crippen molar-refractivity contribution in [3.8, 4) is 23.0 Å². The molecule has 0 atom stereocenters. The third-order valence-electron chi connectivity index (χ3n) is 5.70. The van der Waals surface area contributed by atoms with Crippen LogP contribution in [0.3, 0.4) is 0 Å². The Hall–Kier alpha value is 0.610. The monoisotopic (exact) mass is 1000 g/mol. The molecular formula is C22H8Cl4I4O5. The molecular weight excluding hydrogens is 994 g/mol. The van der Waals surface area contributed by atoms with Crippen molar-refractivity contribution in [3.63, 3.8) is 0 Å². The van der Waals surface area contributed by atoms with Gasteiger partial charge in [-0.25, -0.2) is 4.79 Å². The second kappa shape index (κ2) is 9.66. The van der Waals surface area contributed by atoms with E-state index in [0.717, 1.165) is 7.14 Å². The van der Waals surface area contributed by atoms with Gasteiger partial charge in [0.2, 0.25) is 0 Å². The number of benzene rings is 3. The molecule has 0 radical (unpaired) electrons. The first-order valence-corrected chi connectivity index (χ1v) is 15.2. The fourth-order valence-electron chi connectivity index (χ4n) is 4.29. The van der Waals surface area contributed by atoms with Gasteiger partial charge in [-0.3, -0.25) is 0 Å². The molecule has 0 bridgehead atoms. The third-order valence-corrected chi connectivity index (χ3v) is 11.1. The molecule has 0 amide bonds. The molecule has 0 fully saturated rings. The summed E-state index contributed by atoms with van der Waals surface area (Å²) in [4.78, 5) is 13.4. The van der Waals surface area contributed by atoms with Crippen molar-refractivity contribution < 1.29 is 23.7 Å². The minimum atomic E-state index is -1.51. The summed E-state index contributed by atoms with van der Waals surface area (Å²) in [5.74, 6) is 1.48. The highest BCUT2D eigenvalue weighted by molar-refractivity contribution is 14.1. The van der Waals surface area contributed by atoms with E-state index in [1.54, 1.807) is 14.2 Å². The van der Waals surface area contributed by atoms with E-state index in [9.17, 15) is 4.79 Å². The van der Waals surface area contributed by atoms with Gasteiger partial charge in [0.25, 0.3) is 0 Å². The van der Waals surface area contributed by atoms with Gasteiger partial charge in [0, 0.05) is 5.56 Å². The molecule has 182 valence electrons. The molecule has 0 aliphatic carbocycles. The third kappa shape index (κ3) is 3.71. The van der Waals surface area contributed by atoms with E-state index >= 15 is 0 Å². The van der Waals surface area contributed by atoms with Crippen molar-refractivity contribution >= 4 is 143 Å². The topological polar surface area (TPSA) is 54.0 Å². The van der Waals surface area contributed by atoms with E-state index in [-0.39, 0.29) is 25.7 Å². The molecule has 3 aromatic carbocycles. The molecule has 13 heteroatoms. The second-order valence-electron chi connectivity index (χ2n) is 7.34. The van der Waals surface area contributed by atoms with E-state index < -0.39 is 11.6 Å². The van der Waals surface area contributed by atoms with Crippen LogP contribution in [0.25, 0.3) is 0 Å². The molecule has 2 aliphatic heterocycles. The highest BCUT2D eigenvalue weighted by Crippen LogP contribution is 2.63. The summed E-state index contributed by atoms with van der Waals surface area (Å²) in [7, 11) is 3.16. The Morgan fingerprint density at radius 3 is 1.69 bits per heavy atom. The summed E-state index contributed by atoms with van der Waals surface area (Å²) < 4.78 is 26.9. The van der Waals surface area contributed by atoms with Crippen LogP contribution in [-0.4, -0.2) is 20.2 Å². The van der Waals surface area contributed by atoms with E-state index in [1.807, 2.05) is 12.1 Å². The highest BCUT2D eigenvalue weighted by Gasteiger charge is 2.58. The van der Waals surface area contributed by atoms with Gasteiger partial charge in [-0.15, -0.1) is 0 Å². The van der Waals surface area contributed by atoms with Crippen LogP contribution in [0.2, 0.25) is 20.1 Å². The van der Waals surface area contributed by atoms with Crippen LogP contribution in [0.1, 0.15) is 27.0 Å². The maximum atomic E-state index is 13.4. The van der Waals surface area contributed by atoms with Crippen LogP contribution in [0, 0.1) is 14.3 Å². The Morgan fingerprint density at radius 2 is 1.23 bits per heavy atom. The molecule has 2 heterocycles. The molecule has 2 aliphatic rings. The number of esters is 1. The maximum Gasteiger partial charge on any atom is 0.341 e. The van der Waals surface area contributed by atoms with Crippen molar-refractivity contribution in [3.05, 3.63) is 68.8 Å². The Balaban J connectivity index is 2.04. The smallest absolute Gasteiger partial charge is 0.341 e. The molecule has 35 heavy (non-hydrogen) atoms. The Morgan fingerprint density at radius 1 is 0.771 bits per heavy atom. The Bertz CT molecular complexity index is 1430. The number of carbonyl (C=O) groups excluding carboxylic acids is 1. The lowest BCUT2D eigenvalue weighted by Crippen LogP contribution is -2.34. The number of hydrogen-bond donors (Lipinski definition) is 0. The van der Waals surface area contributed by atoms with Crippen molar-refractivity contribution in [2.75, 3.05) is 14.2 Å². The minimum Gasteiger partial charge on any atom is -0.494 e. The van der Waals surface area contributed by atoms with Gasteiger partial charge in [-0.2, -0.15) is 0 Å². The first-order valence-electron chi connectivity index (χ1n) is 9.41. The molecule has 5 rings (SSSR count). The summed E-state index contributed by atoms with van der Waals surface area (Å²) in [6, 6.07) is 3.69. The van der Waals surface area contributed by atoms with Gasteiger partial charge < -0.3 is 18.9 Å². The molecule has 0 saturated carbocycles. The standard InChI is InChI=1S/C22H8Cl4I4O5/c1-32-19-7(27)3-5-17(15(19)29)34-18-6(4-8(28)20(33-2)16(18)30)22(5)10-9(21(31)35-22)11(23)13(25)14(26)12(10)24/h3-4H,1-2H3. The number of fused-ring (bicyclic) bond motifs is 6. The molecule has 0 N–H and O–H groups in total. The molecule has 1 spiro atoms. The predicted molar refractivity (Wildman–Crippen MR) is 169 cm³/mol. The SMILES string of the molecule is COc1c(I)cc2c(c1I)Oc1c(cc(I)c(OC)c1I)C21OC(=O)c2c(Cl)c(Cl)c(Cl)c(Cl)c21. The van der Waals surface area contributed by atoms with Gasteiger partial charge in [0.1, 0.15) is 11.5 Å². The van der Waals surface area contributed by atoms with Crippen LogP contribution in [0.5, 0.6) is 23.0 Å². The van der Waals surface area contributed by atoms with Crippen molar-refractivity contribution in [2.24, 2.45) is 0 Å². The summed E-state index contributed by atoms with van der Waals surface area (Å²) >= 11 is 34.8. The van der Waals surface area contributed by atoms with E-state index in [2.05, 4.69) is 90.4 Å². The first-order chi connectivity index (χ1) is 16.5. The zero-order chi connectivity index (χ0) is 25.6. The van der Waals surface area contributed by atoms with Crippen LogP contribution in [0.4, 0.5) is 0 Å². The zero-order valence-electron chi connectivity index (χ0n) is 17.2. The van der Waals surface area contributed by atoms with Crippen LogP contribution in [0.15, 0.2) is 12.1 Å². The first kappa shape index (κ1) is 27.2. The summed E-state index contributed by atoms with van der Waals surface area (Å²) in [5.41, 5.74) is -0.0308. The molecule has 0 saturated heterocycles. The van der Waals surface area contributed by atoms with E-state index in [1.165, 1.54) is 0 Å². The van der Waals surface area contributed by atoms with Gasteiger partial charge in [0.15, 0.2) is 17.1 Å². The number of ether oxygens (including phenoxy) is 4. The molecule has 5 nitrogen and oxygen atoms in total. The average molecular weight is 1000 g/mol. The van der Waals surface area contributed by atoms with E-state index in [0.29, 0.717) is 46.8 Å². The minimum absolute atomic E-state index is 0.0172. The Kier molecular flexibility index (Phi) is 7.51. The fourth-order valence-corrected chi connectivity index (χ4v) is 9.81. The number of halogens is 8.